The molecule has 9 heteroatoms. The highest BCUT2D eigenvalue weighted by Gasteiger charge is 2.40. The number of nitrogens with zero attached hydrogens (tertiary/aromatic N) is 3. The minimum atomic E-state index is -0.775. The fourth-order valence-corrected chi connectivity index (χ4v) is 5.42. The van der Waals surface area contributed by atoms with Crippen LogP contribution in [-0.4, -0.2) is 22.9 Å². The lowest BCUT2D eigenvalue weighted by Crippen LogP contribution is -2.42. The number of anilines is 2. The molecule has 2 aromatic heterocycles. The molecule has 4 aromatic rings. The van der Waals surface area contributed by atoms with Crippen LogP contribution in [0.15, 0.2) is 60.7 Å². The summed E-state index contributed by atoms with van der Waals surface area (Å²) < 4.78 is 5.40. The van der Waals surface area contributed by atoms with E-state index in [9.17, 15) is 14.9 Å². The van der Waals surface area contributed by atoms with Gasteiger partial charge in [-0.1, -0.05) is 30.3 Å². The number of pyridine rings is 1. The normalized spacial score (nSPS) is 15.4. The first-order valence-corrected chi connectivity index (χ1v) is 11.1. The number of amides is 1. The third-order valence-corrected chi connectivity index (χ3v) is 6.66. The molecule has 0 saturated carbocycles. The molecule has 1 amide bonds. The zero-order chi connectivity index (χ0) is 23.1. The maximum absolute atomic E-state index is 13.9. The van der Waals surface area contributed by atoms with Crippen LogP contribution in [0, 0.1) is 17.0 Å². The van der Waals surface area contributed by atoms with Gasteiger partial charge < -0.3 is 10.1 Å². The number of para-hydroxylation sites is 2. The van der Waals surface area contributed by atoms with E-state index >= 15 is 0 Å². The number of aromatic nitrogens is 1. The number of nitrogens with one attached hydrogen (secondary N) is 1. The van der Waals surface area contributed by atoms with Gasteiger partial charge in [0.2, 0.25) is 0 Å². The van der Waals surface area contributed by atoms with Gasteiger partial charge in [-0.2, -0.15) is 0 Å². The molecule has 1 N–H and O–H groups in total. The molecule has 1 aliphatic heterocycles. The molecule has 2 aromatic carbocycles. The van der Waals surface area contributed by atoms with Gasteiger partial charge in [0.15, 0.2) is 0 Å². The molecule has 3 heterocycles. The quantitative estimate of drug-likeness (QED) is 0.315. The molecule has 0 spiro atoms. The number of methoxy groups -OCH3 is 1. The molecular weight excluding hydrogens is 440 g/mol. The van der Waals surface area contributed by atoms with Gasteiger partial charge in [0.1, 0.15) is 15.9 Å². The third-order valence-electron chi connectivity index (χ3n) is 5.59. The van der Waals surface area contributed by atoms with Crippen LogP contribution >= 0.6 is 11.3 Å². The van der Waals surface area contributed by atoms with Crippen LogP contribution in [0.4, 0.5) is 17.1 Å². The topological polar surface area (TPSA) is 97.6 Å². The Labute approximate surface area is 193 Å². The van der Waals surface area contributed by atoms with Crippen LogP contribution in [0.1, 0.15) is 32.7 Å². The molecule has 0 fully saturated rings. The summed E-state index contributed by atoms with van der Waals surface area (Å²) in [7, 11) is 1.62. The van der Waals surface area contributed by atoms with Crippen molar-refractivity contribution < 1.29 is 14.5 Å². The Balaban J connectivity index is 1.77. The number of rotatable bonds is 5. The minimum Gasteiger partial charge on any atom is -0.380 e. The zero-order valence-electron chi connectivity index (χ0n) is 17.9. The fraction of sp³-hybridized carbons (Fsp3) is 0.167. The van der Waals surface area contributed by atoms with E-state index in [2.05, 4.69) is 10.3 Å². The standard InChI is InChI=1S/C24H20N4O4S/c1-14-12-15(13-32-2)19-20-21(33-23(19)25-14)24(29)27(16-8-4-3-5-9-16)22(26-20)17-10-6-7-11-18(17)28(30)31/h3-12,22,26H,13H2,1-2H3/t22-/m1/s1. The molecule has 33 heavy (non-hydrogen) atoms. The fourth-order valence-electron chi connectivity index (χ4n) is 4.25. The summed E-state index contributed by atoms with van der Waals surface area (Å²) in [5, 5.41) is 16.1. The summed E-state index contributed by atoms with van der Waals surface area (Å²) in [4.78, 5) is 32.7. The Hall–Kier alpha value is -3.82. The number of carbonyl (C=O) groups is 1. The summed E-state index contributed by atoms with van der Waals surface area (Å²) in [5.41, 5.74) is 3.36. The zero-order valence-corrected chi connectivity index (χ0v) is 18.8. The number of hydrogen-bond acceptors (Lipinski definition) is 7. The van der Waals surface area contributed by atoms with Gasteiger partial charge in [-0.15, -0.1) is 11.3 Å². The average Bonchev–Trinajstić information content (AvgIpc) is 3.18. The molecule has 5 rings (SSSR count). The summed E-state index contributed by atoms with van der Waals surface area (Å²) in [6.45, 7) is 2.26. The lowest BCUT2D eigenvalue weighted by molar-refractivity contribution is -0.385. The highest BCUT2D eigenvalue weighted by molar-refractivity contribution is 7.21. The van der Waals surface area contributed by atoms with Crippen molar-refractivity contribution in [2.24, 2.45) is 0 Å². The van der Waals surface area contributed by atoms with Crippen molar-refractivity contribution in [1.82, 2.24) is 4.98 Å². The maximum atomic E-state index is 13.9. The van der Waals surface area contributed by atoms with Crippen molar-refractivity contribution in [2.45, 2.75) is 19.7 Å². The molecule has 8 nitrogen and oxygen atoms in total. The Morgan fingerprint density at radius 2 is 1.91 bits per heavy atom. The smallest absolute Gasteiger partial charge is 0.276 e. The molecule has 0 bridgehead atoms. The number of aryl methyl sites for hydroxylation is 1. The number of ether oxygens (including phenoxy) is 1. The second kappa shape index (κ2) is 8.27. The lowest BCUT2D eigenvalue weighted by atomic mass is 10.0. The Kier molecular flexibility index (Phi) is 5.27. The van der Waals surface area contributed by atoms with Crippen LogP contribution in [0.3, 0.4) is 0 Å². The van der Waals surface area contributed by atoms with Crippen molar-refractivity contribution in [1.29, 1.82) is 0 Å². The van der Waals surface area contributed by atoms with Crippen LogP contribution in [0.25, 0.3) is 10.2 Å². The molecular formula is C24H20N4O4S. The van der Waals surface area contributed by atoms with E-state index in [1.54, 1.807) is 30.2 Å². The van der Waals surface area contributed by atoms with Crippen LogP contribution < -0.4 is 10.2 Å². The summed E-state index contributed by atoms with van der Waals surface area (Å²) >= 11 is 1.31. The minimum absolute atomic E-state index is 0.0576. The van der Waals surface area contributed by atoms with Gasteiger partial charge in [-0.3, -0.25) is 19.8 Å². The average molecular weight is 461 g/mol. The Morgan fingerprint density at radius 1 is 1.18 bits per heavy atom. The molecule has 166 valence electrons. The molecule has 1 aliphatic rings. The first kappa shape index (κ1) is 21.0. The van der Waals surface area contributed by atoms with Crippen molar-refractivity contribution in [2.75, 3.05) is 17.3 Å². The molecule has 0 unspecified atom stereocenters. The lowest BCUT2D eigenvalue weighted by Gasteiger charge is -2.36. The van der Waals surface area contributed by atoms with Crippen LogP contribution in [0.5, 0.6) is 0 Å². The van der Waals surface area contributed by atoms with Crippen molar-refractivity contribution in [3.63, 3.8) is 0 Å². The van der Waals surface area contributed by atoms with Gasteiger partial charge >= 0.3 is 0 Å². The van der Waals surface area contributed by atoms with Gasteiger partial charge in [0.05, 0.1) is 22.8 Å². The molecule has 0 saturated heterocycles. The van der Waals surface area contributed by atoms with Crippen molar-refractivity contribution >= 4 is 44.5 Å². The van der Waals surface area contributed by atoms with Crippen LogP contribution in [-0.2, 0) is 11.3 Å². The number of hydrogen-bond donors (Lipinski definition) is 1. The second-order valence-electron chi connectivity index (χ2n) is 7.72. The maximum Gasteiger partial charge on any atom is 0.276 e. The summed E-state index contributed by atoms with van der Waals surface area (Å²) in [6, 6.07) is 17.6. The highest BCUT2D eigenvalue weighted by Crippen LogP contribution is 2.46. The van der Waals surface area contributed by atoms with Crippen molar-refractivity contribution in [3.8, 4) is 0 Å². The Morgan fingerprint density at radius 3 is 2.64 bits per heavy atom. The number of fused-ring (bicyclic) bond motifs is 3. The van der Waals surface area contributed by atoms with Crippen LogP contribution in [0.2, 0.25) is 0 Å². The van der Waals surface area contributed by atoms with E-state index in [1.807, 2.05) is 43.3 Å². The molecule has 0 aliphatic carbocycles. The number of carbonyl (C=O) groups excluding carboxylic acids is 1. The monoisotopic (exact) mass is 460 g/mol. The second-order valence-corrected chi connectivity index (χ2v) is 8.71. The third kappa shape index (κ3) is 3.51. The first-order valence-electron chi connectivity index (χ1n) is 10.3. The largest absolute Gasteiger partial charge is 0.380 e. The number of benzene rings is 2. The Bertz CT molecular complexity index is 1390. The van der Waals surface area contributed by atoms with Crippen molar-refractivity contribution in [3.05, 3.63) is 92.5 Å². The molecule has 1 atom stereocenters. The number of nitro groups is 1. The van der Waals surface area contributed by atoms with E-state index in [1.165, 1.54) is 17.4 Å². The van der Waals surface area contributed by atoms with E-state index in [-0.39, 0.29) is 11.6 Å². The number of thiophene rings is 1. The van der Waals surface area contributed by atoms with E-state index < -0.39 is 11.1 Å². The van der Waals surface area contributed by atoms with E-state index in [0.29, 0.717) is 28.4 Å². The predicted molar refractivity (Wildman–Crippen MR) is 128 cm³/mol. The SMILES string of the molecule is COCc1cc(C)nc2sc3c(c12)N[C@@H](c1ccccc1[N+](=O)[O-])N(c1ccccc1)C3=O. The first-order chi connectivity index (χ1) is 16.0. The summed E-state index contributed by atoms with van der Waals surface area (Å²) in [5.74, 6) is -0.234. The van der Waals surface area contributed by atoms with Gasteiger partial charge in [0, 0.05) is 29.9 Å². The van der Waals surface area contributed by atoms with E-state index in [4.69, 9.17) is 4.74 Å². The molecule has 0 radical (unpaired) electrons. The van der Waals surface area contributed by atoms with E-state index in [0.717, 1.165) is 21.5 Å². The van der Waals surface area contributed by atoms with Gasteiger partial charge in [-0.05, 0) is 36.8 Å². The number of nitro benzene ring substituents is 1. The predicted octanol–water partition coefficient (Wildman–Crippen LogP) is 5.43. The van der Waals surface area contributed by atoms with Gasteiger partial charge in [0.25, 0.3) is 11.6 Å². The highest BCUT2D eigenvalue weighted by atomic mass is 32.1. The van der Waals surface area contributed by atoms with Gasteiger partial charge in [-0.25, -0.2) is 4.98 Å². The summed E-state index contributed by atoms with van der Waals surface area (Å²) in [6.07, 6.45) is -0.775.